The predicted molar refractivity (Wildman–Crippen MR) is 88.8 cm³/mol. The second-order valence-electron chi connectivity index (χ2n) is 5.38. The van der Waals surface area contributed by atoms with Crippen molar-refractivity contribution in [3.63, 3.8) is 0 Å². The lowest BCUT2D eigenvalue weighted by Gasteiger charge is -2.08. The molecule has 5 nitrogen and oxygen atoms in total. The van der Waals surface area contributed by atoms with Gasteiger partial charge in [-0.2, -0.15) is 4.98 Å². The summed E-state index contributed by atoms with van der Waals surface area (Å²) in [5.74, 6) is 1.52. The number of fused-ring (bicyclic) bond motifs is 2. The van der Waals surface area contributed by atoms with Crippen LogP contribution in [0.15, 0.2) is 57.4 Å². The molecule has 2 aromatic carbocycles. The van der Waals surface area contributed by atoms with E-state index in [1.807, 2.05) is 55.5 Å². The Kier molecular flexibility index (Phi) is 3.19. The van der Waals surface area contributed by atoms with E-state index in [4.69, 9.17) is 13.6 Å². The number of hydrogen-bond donors (Lipinski definition) is 1. The Balaban J connectivity index is 1.64. The first-order valence-electron chi connectivity index (χ1n) is 7.43. The van der Waals surface area contributed by atoms with Gasteiger partial charge < -0.3 is 18.9 Å². The highest BCUT2D eigenvalue weighted by Gasteiger charge is 2.16. The summed E-state index contributed by atoms with van der Waals surface area (Å²) in [6.07, 6.45) is 0. The summed E-state index contributed by atoms with van der Waals surface area (Å²) >= 11 is 0. The highest BCUT2D eigenvalue weighted by Crippen LogP contribution is 2.32. The zero-order chi connectivity index (χ0) is 15.8. The van der Waals surface area contributed by atoms with Crippen molar-refractivity contribution in [3.05, 3.63) is 54.3 Å². The third-order valence-electron chi connectivity index (χ3n) is 3.81. The van der Waals surface area contributed by atoms with Crippen LogP contribution in [0.25, 0.3) is 22.1 Å². The number of nitrogens with zero attached hydrogens (tertiary/aromatic N) is 1. The molecule has 0 saturated heterocycles. The van der Waals surface area contributed by atoms with Crippen molar-refractivity contribution >= 4 is 28.1 Å². The van der Waals surface area contributed by atoms with Crippen LogP contribution < -0.4 is 10.1 Å². The SMILES string of the molecule is COc1cccc2cc(C(C)Nc3nc4ccccc4o3)oc12. The number of anilines is 1. The molecule has 2 aromatic heterocycles. The maximum Gasteiger partial charge on any atom is 0.296 e. The summed E-state index contributed by atoms with van der Waals surface area (Å²) < 4.78 is 17.0. The van der Waals surface area contributed by atoms with Crippen LogP contribution in [0.4, 0.5) is 6.01 Å². The summed E-state index contributed by atoms with van der Waals surface area (Å²) in [4.78, 5) is 4.42. The zero-order valence-corrected chi connectivity index (χ0v) is 12.9. The van der Waals surface area contributed by atoms with Gasteiger partial charge in [-0.05, 0) is 31.2 Å². The quantitative estimate of drug-likeness (QED) is 0.589. The van der Waals surface area contributed by atoms with Crippen LogP contribution in [0.3, 0.4) is 0 Å². The van der Waals surface area contributed by atoms with Crippen molar-refractivity contribution < 1.29 is 13.6 Å². The van der Waals surface area contributed by atoms with Crippen LogP contribution >= 0.6 is 0 Å². The number of nitrogens with one attached hydrogen (secondary N) is 1. The first kappa shape index (κ1) is 13.7. The Hall–Kier alpha value is -2.95. The first-order valence-corrected chi connectivity index (χ1v) is 7.43. The molecule has 116 valence electrons. The van der Waals surface area contributed by atoms with Gasteiger partial charge in [-0.1, -0.05) is 24.3 Å². The molecular formula is C18H16N2O3. The molecule has 0 amide bonds. The van der Waals surface area contributed by atoms with Gasteiger partial charge in [0.1, 0.15) is 11.3 Å². The fourth-order valence-corrected chi connectivity index (χ4v) is 2.62. The van der Waals surface area contributed by atoms with E-state index >= 15 is 0 Å². The number of rotatable bonds is 4. The van der Waals surface area contributed by atoms with E-state index < -0.39 is 0 Å². The molecule has 1 N–H and O–H groups in total. The topological polar surface area (TPSA) is 60.4 Å². The molecule has 0 bridgehead atoms. The lowest BCUT2D eigenvalue weighted by Crippen LogP contribution is -2.05. The molecule has 0 aliphatic heterocycles. The largest absolute Gasteiger partial charge is 0.493 e. The van der Waals surface area contributed by atoms with Crippen LogP contribution in [0.2, 0.25) is 0 Å². The lowest BCUT2D eigenvalue weighted by molar-refractivity contribution is 0.406. The average Bonchev–Trinajstić information content (AvgIpc) is 3.17. The minimum atomic E-state index is -0.0832. The van der Waals surface area contributed by atoms with Crippen molar-refractivity contribution in [3.8, 4) is 5.75 Å². The molecule has 1 atom stereocenters. The van der Waals surface area contributed by atoms with E-state index in [9.17, 15) is 0 Å². The zero-order valence-electron chi connectivity index (χ0n) is 12.9. The standard InChI is InChI=1S/C18H16N2O3/c1-11(19-18-20-13-7-3-4-8-14(13)23-18)16-10-12-6-5-9-15(21-2)17(12)22-16/h3-11H,1-2H3,(H,19,20). The van der Waals surface area contributed by atoms with Gasteiger partial charge in [-0.15, -0.1) is 0 Å². The maximum absolute atomic E-state index is 5.94. The average molecular weight is 308 g/mol. The Morgan fingerprint density at radius 1 is 1.09 bits per heavy atom. The number of methoxy groups -OCH3 is 1. The fourth-order valence-electron chi connectivity index (χ4n) is 2.62. The van der Waals surface area contributed by atoms with Gasteiger partial charge in [0.05, 0.1) is 13.2 Å². The van der Waals surface area contributed by atoms with Crippen molar-refractivity contribution in [2.45, 2.75) is 13.0 Å². The van der Waals surface area contributed by atoms with Crippen molar-refractivity contribution in [2.75, 3.05) is 12.4 Å². The normalized spacial score (nSPS) is 12.6. The first-order chi connectivity index (χ1) is 11.2. The number of para-hydroxylation sites is 3. The highest BCUT2D eigenvalue weighted by atomic mass is 16.5. The van der Waals surface area contributed by atoms with Crippen molar-refractivity contribution in [1.82, 2.24) is 4.98 Å². The fraction of sp³-hybridized carbons (Fsp3) is 0.167. The van der Waals surface area contributed by atoms with Gasteiger partial charge in [0.25, 0.3) is 6.01 Å². The maximum atomic E-state index is 5.94. The van der Waals surface area contributed by atoms with E-state index in [0.29, 0.717) is 6.01 Å². The molecule has 0 fully saturated rings. The number of oxazole rings is 1. The van der Waals surface area contributed by atoms with E-state index in [0.717, 1.165) is 33.6 Å². The molecule has 0 saturated carbocycles. The molecule has 0 aliphatic carbocycles. The van der Waals surface area contributed by atoms with Gasteiger partial charge in [-0.3, -0.25) is 0 Å². The Morgan fingerprint density at radius 2 is 1.96 bits per heavy atom. The van der Waals surface area contributed by atoms with E-state index in [1.54, 1.807) is 7.11 Å². The summed E-state index contributed by atoms with van der Waals surface area (Å²) in [5.41, 5.74) is 2.33. The number of aromatic nitrogens is 1. The summed E-state index contributed by atoms with van der Waals surface area (Å²) in [6, 6.07) is 15.9. The van der Waals surface area contributed by atoms with E-state index in [2.05, 4.69) is 10.3 Å². The second-order valence-corrected chi connectivity index (χ2v) is 5.38. The van der Waals surface area contributed by atoms with Crippen LogP contribution in [-0.2, 0) is 0 Å². The molecule has 23 heavy (non-hydrogen) atoms. The third-order valence-corrected chi connectivity index (χ3v) is 3.81. The molecule has 4 aromatic rings. The summed E-state index contributed by atoms with van der Waals surface area (Å²) in [5, 5.41) is 4.24. The molecule has 5 heteroatoms. The molecular weight excluding hydrogens is 292 g/mol. The summed E-state index contributed by atoms with van der Waals surface area (Å²) in [6.45, 7) is 2.00. The molecule has 0 aliphatic rings. The van der Waals surface area contributed by atoms with Gasteiger partial charge in [0, 0.05) is 5.39 Å². The van der Waals surface area contributed by atoms with Gasteiger partial charge in [0.2, 0.25) is 0 Å². The van der Waals surface area contributed by atoms with E-state index in [-0.39, 0.29) is 6.04 Å². The lowest BCUT2D eigenvalue weighted by atomic mass is 10.2. The molecule has 0 spiro atoms. The van der Waals surface area contributed by atoms with Gasteiger partial charge in [0.15, 0.2) is 16.9 Å². The molecule has 1 unspecified atom stereocenters. The highest BCUT2D eigenvalue weighted by molar-refractivity contribution is 5.84. The predicted octanol–water partition coefficient (Wildman–Crippen LogP) is 4.76. The van der Waals surface area contributed by atoms with Crippen LogP contribution in [0.5, 0.6) is 5.75 Å². The van der Waals surface area contributed by atoms with Gasteiger partial charge >= 0.3 is 0 Å². The Labute approximate surface area is 132 Å². The number of ether oxygens (including phenoxy) is 1. The van der Waals surface area contributed by atoms with E-state index in [1.165, 1.54) is 0 Å². The minimum absolute atomic E-state index is 0.0832. The monoisotopic (exact) mass is 308 g/mol. The van der Waals surface area contributed by atoms with Crippen LogP contribution in [0, 0.1) is 0 Å². The number of hydrogen-bond acceptors (Lipinski definition) is 5. The minimum Gasteiger partial charge on any atom is -0.493 e. The smallest absolute Gasteiger partial charge is 0.296 e. The van der Waals surface area contributed by atoms with Crippen LogP contribution in [-0.4, -0.2) is 12.1 Å². The van der Waals surface area contributed by atoms with Crippen molar-refractivity contribution in [2.24, 2.45) is 0 Å². The van der Waals surface area contributed by atoms with Gasteiger partial charge in [-0.25, -0.2) is 0 Å². The number of benzene rings is 2. The molecule has 2 heterocycles. The van der Waals surface area contributed by atoms with Crippen LogP contribution in [0.1, 0.15) is 18.7 Å². The molecule has 4 rings (SSSR count). The second kappa shape index (κ2) is 5.35. The Bertz CT molecular complexity index is 938. The van der Waals surface area contributed by atoms with Crippen molar-refractivity contribution in [1.29, 1.82) is 0 Å². The Morgan fingerprint density at radius 3 is 2.78 bits per heavy atom. The summed E-state index contributed by atoms with van der Waals surface area (Å²) in [7, 11) is 1.64. The third kappa shape index (κ3) is 2.40. The number of furan rings is 1. The molecule has 0 radical (unpaired) electrons.